The van der Waals surface area contributed by atoms with Crippen LogP contribution in [0.3, 0.4) is 0 Å². The summed E-state index contributed by atoms with van der Waals surface area (Å²) in [7, 11) is 1.85. The molecule has 0 saturated carbocycles. The molecule has 2 aromatic carbocycles. The molecule has 5 nitrogen and oxygen atoms in total. The summed E-state index contributed by atoms with van der Waals surface area (Å²) in [5.41, 5.74) is 2.74. The first-order chi connectivity index (χ1) is 13.6. The minimum atomic E-state index is -0.474. The van der Waals surface area contributed by atoms with Gasteiger partial charge in [-0.05, 0) is 42.5 Å². The van der Waals surface area contributed by atoms with Crippen LogP contribution < -0.4 is 9.64 Å². The van der Waals surface area contributed by atoms with Crippen molar-refractivity contribution >= 4 is 17.5 Å². The first-order valence-corrected chi connectivity index (χ1v) is 9.97. The lowest BCUT2D eigenvalue weighted by Crippen LogP contribution is -2.51. The van der Waals surface area contributed by atoms with Gasteiger partial charge >= 0.3 is 0 Å². The fourth-order valence-electron chi connectivity index (χ4n) is 5.05. The van der Waals surface area contributed by atoms with Crippen molar-refractivity contribution < 1.29 is 14.3 Å². The van der Waals surface area contributed by atoms with Crippen molar-refractivity contribution in [2.45, 2.75) is 24.7 Å². The second-order valence-electron chi connectivity index (χ2n) is 8.11. The molecule has 5 rings (SSSR count). The number of rotatable bonds is 1. The number of amides is 2. The Bertz CT molecular complexity index is 946. The van der Waals surface area contributed by atoms with Crippen LogP contribution in [-0.4, -0.2) is 43.5 Å². The van der Waals surface area contributed by atoms with Gasteiger partial charge in [0.05, 0.1) is 11.3 Å². The summed E-state index contributed by atoms with van der Waals surface area (Å²) in [6.07, 6.45) is 2.09. The third kappa shape index (κ3) is 2.45. The van der Waals surface area contributed by atoms with Gasteiger partial charge in [-0.2, -0.15) is 0 Å². The summed E-state index contributed by atoms with van der Waals surface area (Å²) in [6, 6.07) is 16.0. The van der Waals surface area contributed by atoms with E-state index in [4.69, 9.17) is 4.74 Å². The molecule has 0 radical (unpaired) electrons. The van der Waals surface area contributed by atoms with Crippen LogP contribution in [0.4, 0.5) is 5.69 Å². The molecule has 5 heteroatoms. The number of likely N-dealkylation sites (N-methyl/N-ethyl adjacent to an activating group) is 1. The summed E-state index contributed by atoms with van der Waals surface area (Å²) < 4.78 is 5.81. The van der Waals surface area contributed by atoms with Crippen LogP contribution in [0.25, 0.3) is 0 Å². The van der Waals surface area contributed by atoms with Crippen molar-refractivity contribution in [2.75, 3.05) is 31.6 Å². The largest absolute Gasteiger partial charge is 0.492 e. The highest BCUT2D eigenvalue weighted by Gasteiger charge is 2.51. The summed E-state index contributed by atoms with van der Waals surface area (Å²) >= 11 is 0. The van der Waals surface area contributed by atoms with Crippen LogP contribution >= 0.6 is 0 Å². The van der Waals surface area contributed by atoms with Crippen LogP contribution in [0, 0.1) is 5.92 Å². The number of hydrogen-bond acceptors (Lipinski definition) is 3. The number of carbonyl (C=O) groups excluding carboxylic acids is 2. The second-order valence-corrected chi connectivity index (χ2v) is 8.11. The van der Waals surface area contributed by atoms with E-state index in [1.807, 2.05) is 54.4 Å². The number of hydrogen-bond donors (Lipinski definition) is 0. The van der Waals surface area contributed by atoms with E-state index in [9.17, 15) is 9.59 Å². The zero-order chi connectivity index (χ0) is 19.3. The van der Waals surface area contributed by atoms with Gasteiger partial charge in [-0.25, -0.2) is 0 Å². The summed E-state index contributed by atoms with van der Waals surface area (Å²) in [4.78, 5) is 29.9. The summed E-state index contributed by atoms with van der Waals surface area (Å²) in [5.74, 6) is 1.06. The maximum atomic E-state index is 13.1. The molecule has 1 atom stereocenters. The maximum Gasteiger partial charge on any atom is 0.237 e. The highest BCUT2D eigenvalue weighted by Crippen LogP contribution is 2.47. The van der Waals surface area contributed by atoms with E-state index in [1.165, 1.54) is 0 Å². The predicted molar refractivity (Wildman–Crippen MR) is 106 cm³/mol. The lowest BCUT2D eigenvalue weighted by molar-refractivity contribution is -0.140. The molecule has 0 N–H and O–H groups in total. The quantitative estimate of drug-likeness (QED) is 0.769. The minimum absolute atomic E-state index is 0.141. The standard InChI is InChI=1S/C23H24N2O3/c1-24-19-8-4-3-7-18(19)23(22(24)27)10-12-25(13-11-23)21(26)17-14-16-6-2-5-9-20(16)28-15-17/h2-9,17H,10-15H2,1H3/t17-/m1/s1. The maximum absolute atomic E-state index is 13.1. The molecule has 1 fully saturated rings. The first-order valence-electron chi connectivity index (χ1n) is 9.97. The van der Waals surface area contributed by atoms with Gasteiger partial charge in [0, 0.05) is 25.8 Å². The van der Waals surface area contributed by atoms with Gasteiger partial charge in [-0.1, -0.05) is 36.4 Å². The van der Waals surface area contributed by atoms with E-state index in [-0.39, 0.29) is 17.7 Å². The minimum Gasteiger partial charge on any atom is -0.492 e. The van der Waals surface area contributed by atoms with E-state index in [2.05, 4.69) is 6.07 Å². The topological polar surface area (TPSA) is 49.9 Å². The number of benzene rings is 2. The molecule has 1 spiro atoms. The van der Waals surface area contributed by atoms with Gasteiger partial charge in [-0.3, -0.25) is 9.59 Å². The van der Waals surface area contributed by atoms with E-state index in [0.29, 0.717) is 32.5 Å². The van der Waals surface area contributed by atoms with Gasteiger partial charge in [0.25, 0.3) is 0 Å². The lowest BCUT2D eigenvalue weighted by Gasteiger charge is -2.40. The molecule has 0 aromatic heterocycles. The molecular formula is C23H24N2O3. The van der Waals surface area contributed by atoms with E-state index >= 15 is 0 Å². The number of piperidine rings is 1. The molecule has 3 aliphatic heterocycles. The fourth-order valence-corrected chi connectivity index (χ4v) is 5.05. The number of nitrogens with zero attached hydrogens (tertiary/aromatic N) is 2. The first kappa shape index (κ1) is 17.3. The van der Waals surface area contributed by atoms with Gasteiger partial charge in [0.15, 0.2) is 0 Å². The van der Waals surface area contributed by atoms with Gasteiger partial charge in [0.2, 0.25) is 11.8 Å². The normalized spacial score (nSPS) is 22.6. The van der Waals surface area contributed by atoms with Crippen molar-refractivity contribution in [1.82, 2.24) is 4.90 Å². The molecule has 28 heavy (non-hydrogen) atoms. The Kier molecular flexibility index (Phi) is 3.93. The Hall–Kier alpha value is -2.82. The Morgan fingerprint density at radius 2 is 1.79 bits per heavy atom. The van der Waals surface area contributed by atoms with Crippen molar-refractivity contribution in [3.05, 3.63) is 59.7 Å². The monoisotopic (exact) mass is 376 g/mol. The number of para-hydroxylation sites is 2. The highest BCUT2D eigenvalue weighted by atomic mass is 16.5. The molecule has 0 bridgehead atoms. The summed E-state index contributed by atoms with van der Waals surface area (Å²) in [6.45, 7) is 1.66. The van der Waals surface area contributed by atoms with E-state index in [0.717, 1.165) is 29.0 Å². The zero-order valence-corrected chi connectivity index (χ0v) is 16.1. The second kappa shape index (κ2) is 6.36. The Morgan fingerprint density at radius 3 is 2.61 bits per heavy atom. The van der Waals surface area contributed by atoms with Crippen molar-refractivity contribution in [1.29, 1.82) is 0 Å². The molecule has 3 heterocycles. The molecule has 1 saturated heterocycles. The summed E-state index contributed by atoms with van der Waals surface area (Å²) in [5, 5.41) is 0. The van der Waals surface area contributed by atoms with Crippen LogP contribution in [0.1, 0.15) is 24.0 Å². The lowest BCUT2D eigenvalue weighted by atomic mass is 9.73. The Balaban J connectivity index is 1.32. The molecule has 2 amide bonds. The molecule has 0 aliphatic carbocycles. The number of likely N-dealkylation sites (tertiary alicyclic amines) is 1. The van der Waals surface area contributed by atoms with Gasteiger partial charge in [0.1, 0.15) is 12.4 Å². The van der Waals surface area contributed by atoms with Gasteiger partial charge < -0.3 is 14.5 Å². The average molecular weight is 376 g/mol. The van der Waals surface area contributed by atoms with Crippen molar-refractivity contribution in [3.8, 4) is 5.75 Å². The van der Waals surface area contributed by atoms with Crippen molar-refractivity contribution in [3.63, 3.8) is 0 Å². The smallest absolute Gasteiger partial charge is 0.237 e. The molecule has 0 unspecified atom stereocenters. The van der Waals surface area contributed by atoms with Crippen molar-refractivity contribution in [2.24, 2.45) is 5.92 Å². The number of carbonyl (C=O) groups is 2. The van der Waals surface area contributed by atoms with Crippen LogP contribution in [-0.2, 0) is 21.4 Å². The number of ether oxygens (including phenoxy) is 1. The third-order valence-corrected chi connectivity index (χ3v) is 6.65. The number of anilines is 1. The predicted octanol–water partition coefficient (Wildman–Crippen LogP) is 2.77. The van der Waals surface area contributed by atoms with E-state index in [1.54, 1.807) is 4.90 Å². The molecule has 3 aliphatic rings. The average Bonchev–Trinajstić information content (AvgIpc) is 2.96. The Labute approximate surface area is 164 Å². The molecular weight excluding hydrogens is 352 g/mol. The molecule has 144 valence electrons. The van der Waals surface area contributed by atoms with Crippen LogP contribution in [0.2, 0.25) is 0 Å². The third-order valence-electron chi connectivity index (χ3n) is 6.65. The SMILES string of the molecule is CN1C(=O)C2(CCN(C(=O)[C@H]3COc4ccccc4C3)CC2)c2ccccc21. The fraction of sp³-hybridized carbons (Fsp3) is 0.391. The Morgan fingerprint density at radius 1 is 1.07 bits per heavy atom. The number of fused-ring (bicyclic) bond motifs is 3. The van der Waals surface area contributed by atoms with Crippen LogP contribution in [0.5, 0.6) is 5.75 Å². The van der Waals surface area contributed by atoms with Gasteiger partial charge in [-0.15, -0.1) is 0 Å². The van der Waals surface area contributed by atoms with Crippen LogP contribution in [0.15, 0.2) is 48.5 Å². The zero-order valence-electron chi connectivity index (χ0n) is 16.1. The molecule has 2 aromatic rings. The van der Waals surface area contributed by atoms with E-state index < -0.39 is 5.41 Å². The highest BCUT2D eigenvalue weighted by molar-refractivity contribution is 6.08.